The lowest BCUT2D eigenvalue weighted by atomic mass is 9.97. The maximum absolute atomic E-state index is 14.8. The van der Waals surface area contributed by atoms with Crippen molar-refractivity contribution in [1.29, 1.82) is 0 Å². The third-order valence-electron chi connectivity index (χ3n) is 4.21. The topological polar surface area (TPSA) is 63.4 Å². The minimum Gasteiger partial charge on any atom is -0.438 e. The summed E-state index contributed by atoms with van der Waals surface area (Å²) in [6.07, 6.45) is 0. The van der Waals surface area contributed by atoms with Crippen LogP contribution < -0.4 is 4.90 Å². The van der Waals surface area contributed by atoms with Gasteiger partial charge in [0.05, 0.1) is 16.1 Å². The number of rotatable bonds is 1. The van der Waals surface area contributed by atoms with Crippen LogP contribution in [0.2, 0.25) is 5.02 Å². The standard InChI is InChI=1S/C19H14ClFN2O3/c1-19(2,3)18-22-13-14(12(21)8-11(20)15(13)26-18)23-16(24)9-6-4-5-7-10(9)17(23)25/h4-8H,1-3H3. The first-order valence-corrected chi connectivity index (χ1v) is 8.35. The number of amides is 2. The van der Waals surface area contributed by atoms with Crippen molar-refractivity contribution < 1.29 is 18.4 Å². The highest BCUT2D eigenvalue weighted by Gasteiger charge is 2.40. The fraction of sp³-hybridized carbons (Fsp3) is 0.211. The van der Waals surface area contributed by atoms with Gasteiger partial charge >= 0.3 is 0 Å². The van der Waals surface area contributed by atoms with E-state index in [-0.39, 0.29) is 32.9 Å². The van der Waals surface area contributed by atoms with Crippen LogP contribution >= 0.6 is 11.6 Å². The molecule has 2 heterocycles. The Kier molecular flexibility index (Phi) is 3.46. The van der Waals surface area contributed by atoms with Crippen molar-refractivity contribution in [3.63, 3.8) is 0 Å². The van der Waals surface area contributed by atoms with Crippen molar-refractivity contribution in [2.45, 2.75) is 26.2 Å². The van der Waals surface area contributed by atoms with Gasteiger partial charge in [-0.05, 0) is 18.2 Å². The van der Waals surface area contributed by atoms with Crippen LogP contribution in [0.4, 0.5) is 10.1 Å². The zero-order valence-corrected chi connectivity index (χ0v) is 15.0. The van der Waals surface area contributed by atoms with Gasteiger partial charge in [0.2, 0.25) is 5.89 Å². The Bertz CT molecular complexity index is 1060. The summed E-state index contributed by atoms with van der Waals surface area (Å²) in [4.78, 5) is 30.6. The summed E-state index contributed by atoms with van der Waals surface area (Å²) in [7, 11) is 0. The second kappa shape index (κ2) is 5.38. The summed E-state index contributed by atoms with van der Waals surface area (Å²) in [5, 5.41) is 0.0286. The van der Waals surface area contributed by atoms with Gasteiger partial charge < -0.3 is 4.42 Å². The molecule has 0 N–H and O–H groups in total. The number of aromatic nitrogens is 1. The minimum absolute atomic E-state index is 0.0286. The number of carbonyl (C=O) groups is 2. The predicted octanol–water partition coefficient (Wildman–Crippen LogP) is 4.72. The Morgan fingerprint density at radius 2 is 1.69 bits per heavy atom. The van der Waals surface area contributed by atoms with Crippen LogP contribution in [-0.4, -0.2) is 16.8 Å². The summed E-state index contributed by atoms with van der Waals surface area (Å²) in [6, 6.07) is 7.39. The molecule has 0 saturated heterocycles. The largest absolute Gasteiger partial charge is 0.438 e. The fourth-order valence-electron chi connectivity index (χ4n) is 2.93. The van der Waals surface area contributed by atoms with Crippen LogP contribution in [0.15, 0.2) is 34.7 Å². The Morgan fingerprint density at radius 3 is 2.23 bits per heavy atom. The fourth-order valence-corrected chi connectivity index (χ4v) is 3.15. The van der Waals surface area contributed by atoms with Gasteiger partial charge in [0, 0.05) is 5.41 Å². The van der Waals surface area contributed by atoms with E-state index in [2.05, 4.69) is 4.98 Å². The van der Waals surface area contributed by atoms with Crippen LogP contribution in [0.3, 0.4) is 0 Å². The first-order chi connectivity index (χ1) is 12.2. The molecule has 0 fully saturated rings. The van der Waals surface area contributed by atoms with E-state index < -0.39 is 23.0 Å². The highest BCUT2D eigenvalue weighted by molar-refractivity contribution is 6.38. The van der Waals surface area contributed by atoms with E-state index in [1.807, 2.05) is 20.8 Å². The molecule has 0 radical (unpaired) electrons. The lowest BCUT2D eigenvalue weighted by Crippen LogP contribution is -2.30. The lowest BCUT2D eigenvalue weighted by molar-refractivity contribution is 0.0925. The van der Waals surface area contributed by atoms with Gasteiger partial charge in [-0.15, -0.1) is 0 Å². The van der Waals surface area contributed by atoms with Crippen molar-refractivity contribution >= 4 is 40.2 Å². The van der Waals surface area contributed by atoms with E-state index in [0.29, 0.717) is 5.89 Å². The van der Waals surface area contributed by atoms with Gasteiger partial charge in [0.15, 0.2) is 11.4 Å². The number of benzene rings is 2. The summed E-state index contributed by atoms with van der Waals surface area (Å²) in [5.74, 6) is -1.69. The van der Waals surface area contributed by atoms with Crippen LogP contribution in [0.5, 0.6) is 0 Å². The zero-order valence-electron chi connectivity index (χ0n) is 14.3. The maximum atomic E-state index is 14.8. The highest BCUT2D eigenvalue weighted by atomic mass is 35.5. The normalized spacial score (nSPS) is 14.4. The van der Waals surface area contributed by atoms with E-state index in [1.165, 1.54) is 12.1 Å². The predicted molar refractivity (Wildman–Crippen MR) is 95.3 cm³/mol. The van der Waals surface area contributed by atoms with Crippen LogP contribution in [0, 0.1) is 5.82 Å². The van der Waals surface area contributed by atoms with E-state index in [0.717, 1.165) is 11.0 Å². The van der Waals surface area contributed by atoms with E-state index in [4.69, 9.17) is 16.0 Å². The van der Waals surface area contributed by atoms with Crippen LogP contribution in [0.1, 0.15) is 47.4 Å². The lowest BCUT2D eigenvalue weighted by Gasteiger charge is -2.15. The summed E-state index contributed by atoms with van der Waals surface area (Å²) in [6.45, 7) is 5.64. The number of oxazole rings is 1. The minimum atomic E-state index is -0.814. The van der Waals surface area contributed by atoms with Gasteiger partial charge in [0.1, 0.15) is 11.2 Å². The molecule has 1 aliphatic rings. The first kappa shape index (κ1) is 16.7. The Morgan fingerprint density at radius 1 is 1.12 bits per heavy atom. The second-order valence-electron chi connectivity index (χ2n) is 7.13. The van der Waals surface area contributed by atoms with E-state index >= 15 is 0 Å². The molecule has 7 heteroatoms. The van der Waals surface area contributed by atoms with Crippen molar-refractivity contribution in [3.8, 4) is 0 Å². The number of anilines is 1. The van der Waals surface area contributed by atoms with Crippen LogP contribution in [-0.2, 0) is 5.41 Å². The molecule has 1 aliphatic heterocycles. The quantitative estimate of drug-likeness (QED) is 0.580. The third-order valence-corrected chi connectivity index (χ3v) is 4.49. The molecule has 5 nitrogen and oxygen atoms in total. The Balaban J connectivity index is 2.00. The second-order valence-corrected chi connectivity index (χ2v) is 7.53. The van der Waals surface area contributed by atoms with E-state index in [1.54, 1.807) is 12.1 Å². The maximum Gasteiger partial charge on any atom is 0.266 e. The molecule has 0 atom stereocenters. The van der Waals surface area contributed by atoms with Crippen molar-refractivity contribution in [2.24, 2.45) is 0 Å². The third kappa shape index (κ3) is 2.25. The molecule has 2 amide bonds. The Labute approximate surface area is 153 Å². The molecule has 1 aromatic heterocycles. The average Bonchev–Trinajstić information content (AvgIpc) is 3.12. The molecule has 0 spiro atoms. The van der Waals surface area contributed by atoms with Crippen molar-refractivity contribution in [2.75, 3.05) is 4.90 Å². The molecule has 2 aromatic carbocycles. The van der Waals surface area contributed by atoms with Crippen molar-refractivity contribution in [3.05, 3.63) is 58.2 Å². The van der Waals surface area contributed by atoms with Gasteiger partial charge in [-0.2, -0.15) is 0 Å². The summed E-state index contributed by atoms with van der Waals surface area (Å²) < 4.78 is 20.5. The molecule has 26 heavy (non-hydrogen) atoms. The molecule has 0 aliphatic carbocycles. The number of imide groups is 1. The van der Waals surface area contributed by atoms with E-state index in [9.17, 15) is 14.0 Å². The SMILES string of the molecule is CC(C)(C)c1nc2c(N3C(=O)c4ccccc4C3=O)c(F)cc(Cl)c2o1. The molecular formula is C19H14ClFN2O3. The van der Waals surface area contributed by atoms with Gasteiger partial charge in [0.25, 0.3) is 11.8 Å². The molecule has 4 rings (SSSR count). The average molecular weight is 373 g/mol. The highest BCUT2D eigenvalue weighted by Crippen LogP contribution is 2.40. The summed E-state index contributed by atoms with van der Waals surface area (Å²) in [5.41, 5.74) is -0.0640. The molecular weight excluding hydrogens is 359 g/mol. The number of halogens is 2. The number of carbonyl (C=O) groups excluding carboxylic acids is 2. The number of fused-ring (bicyclic) bond motifs is 2. The van der Waals surface area contributed by atoms with Crippen molar-refractivity contribution in [1.82, 2.24) is 4.98 Å². The van der Waals surface area contributed by atoms with Gasteiger partial charge in [-0.3, -0.25) is 9.59 Å². The zero-order chi connectivity index (χ0) is 18.8. The molecule has 0 unspecified atom stereocenters. The monoisotopic (exact) mass is 372 g/mol. The molecule has 0 saturated carbocycles. The molecule has 3 aromatic rings. The van der Waals surface area contributed by atoms with Gasteiger partial charge in [-0.1, -0.05) is 44.5 Å². The molecule has 132 valence electrons. The summed E-state index contributed by atoms with van der Waals surface area (Å²) >= 11 is 6.10. The van der Waals surface area contributed by atoms with Gasteiger partial charge in [-0.25, -0.2) is 14.3 Å². The van der Waals surface area contributed by atoms with Crippen LogP contribution in [0.25, 0.3) is 11.1 Å². The molecule has 0 bridgehead atoms. The Hall–Kier alpha value is -2.73. The number of hydrogen-bond acceptors (Lipinski definition) is 4. The number of nitrogens with zero attached hydrogens (tertiary/aromatic N) is 2. The smallest absolute Gasteiger partial charge is 0.266 e. The number of hydrogen-bond donors (Lipinski definition) is 0. The first-order valence-electron chi connectivity index (χ1n) is 7.97.